The Morgan fingerprint density at radius 2 is 2.25 bits per heavy atom. The fourth-order valence-corrected chi connectivity index (χ4v) is 1.34. The summed E-state index contributed by atoms with van der Waals surface area (Å²) in [5, 5.41) is 17.6. The minimum Gasteiger partial charge on any atom is -0.512 e. The van der Waals surface area contributed by atoms with Gasteiger partial charge >= 0.3 is 0 Å². The van der Waals surface area contributed by atoms with E-state index in [0.29, 0.717) is 31.3 Å². The number of hydrogen-bond acceptors (Lipinski definition) is 3. The van der Waals surface area contributed by atoms with Crippen molar-refractivity contribution in [2.45, 2.75) is 32.1 Å². The fraction of sp³-hybridized carbons (Fsp3) is 0.556. The molecule has 1 rings (SSSR count). The minimum atomic E-state index is 0.00833. The van der Waals surface area contributed by atoms with Crippen LogP contribution in [0.3, 0.4) is 0 Å². The van der Waals surface area contributed by atoms with Gasteiger partial charge in [0.1, 0.15) is 0 Å². The molecule has 0 fully saturated rings. The molecule has 0 amide bonds. The molecule has 0 saturated heterocycles. The molecule has 0 bridgehead atoms. The molecule has 0 aromatic carbocycles. The second-order valence-corrected chi connectivity index (χ2v) is 2.86. The quantitative estimate of drug-likeness (QED) is 0.679. The van der Waals surface area contributed by atoms with Gasteiger partial charge in [0.05, 0.1) is 11.8 Å². The van der Waals surface area contributed by atoms with Gasteiger partial charge in [-0.15, -0.1) is 0 Å². The maximum atomic E-state index is 11.2. The van der Waals surface area contributed by atoms with E-state index >= 15 is 0 Å². The summed E-state index contributed by atoms with van der Waals surface area (Å²) < 4.78 is 0. The Balaban J connectivity index is 2.69. The van der Waals surface area contributed by atoms with Crippen LogP contribution < -0.4 is 0 Å². The summed E-state index contributed by atoms with van der Waals surface area (Å²) in [6.07, 6.45) is 2.56. The van der Waals surface area contributed by atoms with E-state index in [2.05, 4.69) is 0 Å². The van der Waals surface area contributed by atoms with Crippen LogP contribution in [-0.4, -0.2) is 10.9 Å². The third-order valence-electron chi connectivity index (χ3n) is 1.99. The van der Waals surface area contributed by atoms with Crippen LogP contribution in [0.2, 0.25) is 0 Å². The largest absolute Gasteiger partial charge is 0.512 e. The Morgan fingerprint density at radius 1 is 1.50 bits per heavy atom. The minimum absolute atomic E-state index is 0.00833. The van der Waals surface area contributed by atoms with Gasteiger partial charge in [0.15, 0.2) is 5.78 Å². The Bertz CT molecular complexity index is 260. The van der Waals surface area contributed by atoms with Crippen LogP contribution in [0.4, 0.5) is 0 Å². The van der Waals surface area contributed by atoms with Gasteiger partial charge in [-0.05, 0) is 12.8 Å². The molecule has 0 saturated carbocycles. The van der Waals surface area contributed by atoms with Gasteiger partial charge in [0.25, 0.3) is 0 Å². The topological polar surface area (TPSA) is 61.1 Å². The van der Waals surface area contributed by atoms with Crippen molar-refractivity contribution >= 4 is 5.78 Å². The molecule has 0 aromatic heterocycles. The third-order valence-corrected chi connectivity index (χ3v) is 1.99. The highest BCUT2D eigenvalue weighted by molar-refractivity contribution is 5.96. The van der Waals surface area contributed by atoms with Crippen molar-refractivity contribution in [3.63, 3.8) is 0 Å². The lowest BCUT2D eigenvalue weighted by Gasteiger charge is -2.13. The van der Waals surface area contributed by atoms with Gasteiger partial charge in [-0.25, -0.2) is 0 Å². The molecule has 1 aliphatic carbocycles. The molecular formula is C9H11NO2. The maximum Gasteiger partial charge on any atom is 0.162 e. The summed E-state index contributed by atoms with van der Waals surface area (Å²) in [6, 6.07) is 1.96. The lowest BCUT2D eigenvalue weighted by atomic mass is 9.93. The highest BCUT2D eigenvalue weighted by atomic mass is 16.3. The number of aliphatic hydroxyl groups excluding tert-OH is 1. The maximum absolute atomic E-state index is 11.2. The van der Waals surface area contributed by atoms with Crippen molar-refractivity contribution in [2.24, 2.45) is 0 Å². The molecule has 64 valence electrons. The van der Waals surface area contributed by atoms with Crippen LogP contribution in [-0.2, 0) is 4.79 Å². The average Bonchev–Trinajstić information content (AvgIpc) is 2.04. The Hall–Kier alpha value is -1.30. The normalized spacial score (nSPS) is 17.8. The first-order valence-electron chi connectivity index (χ1n) is 4.07. The van der Waals surface area contributed by atoms with E-state index in [0.717, 1.165) is 6.42 Å². The SMILES string of the molecule is N#CCCC1=C(O)CCCC1=O. The number of hydrogen-bond donors (Lipinski definition) is 1. The van der Waals surface area contributed by atoms with Crippen molar-refractivity contribution < 1.29 is 9.90 Å². The standard InChI is InChI=1S/C9H11NO2/c10-6-2-3-7-8(11)4-1-5-9(7)12/h11H,1-5H2. The first-order chi connectivity index (χ1) is 5.75. The first kappa shape index (κ1) is 8.79. The molecule has 0 aliphatic heterocycles. The van der Waals surface area contributed by atoms with Crippen molar-refractivity contribution in [1.29, 1.82) is 5.26 Å². The molecule has 0 aromatic rings. The van der Waals surface area contributed by atoms with Crippen molar-refractivity contribution in [2.75, 3.05) is 0 Å². The molecule has 1 N–H and O–H groups in total. The zero-order valence-electron chi connectivity index (χ0n) is 6.84. The number of Topliss-reactive ketones (excluding diaryl/α,β-unsaturated/α-hetero) is 1. The summed E-state index contributed by atoms with van der Waals surface area (Å²) in [6.45, 7) is 0. The number of ketones is 1. The predicted molar refractivity (Wildman–Crippen MR) is 43.4 cm³/mol. The lowest BCUT2D eigenvalue weighted by Crippen LogP contribution is -2.11. The number of carbonyl (C=O) groups is 1. The number of aliphatic hydroxyl groups is 1. The molecule has 1 aliphatic rings. The van der Waals surface area contributed by atoms with Crippen LogP contribution in [0.25, 0.3) is 0 Å². The summed E-state index contributed by atoms with van der Waals surface area (Å²) >= 11 is 0. The van der Waals surface area contributed by atoms with E-state index in [1.165, 1.54) is 0 Å². The molecule has 3 nitrogen and oxygen atoms in total. The summed E-state index contributed by atoms with van der Waals surface area (Å²) in [5.41, 5.74) is 0.475. The van der Waals surface area contributed by atoms with Crippen molar-refractivity contribution in [3.8, 4) is 6.07 Å². The van der Waals surface area contributed by atoms with Gasteiger partial charge in [-0.1, -0.05) is 0 Å². The molecule has 0 radical (unpaired) electrons. The number of nitrogens with zero attached hydrogens (tertiary/aromatic N) is 1. The van der Waals surface area contributed by atoms with Gasteiger partial charge in [-0.3, -0.25) is 4.79 Å². The fourth-order valence-electron chi connectivity index (χ4n) is 1.34. The zero-order valence-corrected chi connectivity index (χ0v) is 6.84. The first-order valence-corrected chi connectivity index (χ1v) is 4.07. The molecule has 0 atom stereocenters. The Morgan fingerprint density at radius 3 is 2.83 bits per heavy atom. The molecular weight excluding hydrogens is 154 g/mol. The van der Waals surface area contributed by atoms with E-state index < -0.39 is 0 Å². The van der Waals surface area contributed by atoms with Gasteiger partial charge in [0, 0.05) is 24.8 Å². The van der Waals surface area contributed by atoms with Crippen molar-refractivity contribution in [1.82, 2.24) is 0 Å². The van der Waals surface area contributed by atoms with E-state index in [-0.39, 0.29) is 11.5 Å². The van der Waals surface area contributed by atoms with E-state index in [1.54, 1.807) is 0 Å². The zero-order chi connectivity index (χ0) is 8.97. The van der Waals surface area contributed by atoms with Gasteiger partial charge in [0.2, 0.25) is 0 Å². The number of rotatable bonds is 2. The second-order valence-electron chi connectivity index (χ2n) is 2.86. The third kappa shape index (κ3) is 1.85. The molecule has 3 heteroatoms. The van der Waals surface area contributed by atoms with Crippen LogP contribution in [0.15, 0.2) is 11.3 Å². The molecule has 12 heavy (non-hydrogen) atoms. The molecule has 0 unspecified atom stereocenters. The van der Waals surface area contributed by atoms with Gasteiger partial charge in [-0.2, -0.15) is 5.26 Å². The van der Waals surface area contributed by atoms with Crippen LogP contribution in [0.5, 0.6) is 0 Å². The molecule has 0 spiro atoms. The van der Waals surface area contributed by atoms with E-state index in [4.69, 9.17) is 5.26 Å². The predicted octanol–water partition coefficient (Wildman–Crippen LogP) is 1.86. The monoisotopic (exact) mass is 165 g/mol. The van der Waals surface area contributed by atoms with Crippen LogP contribution in [0.1, 0.15) is 32.1 Å². The Labute approximate surface area is 71.3 Å². The van der Waals surface area contributed by atoms with E-state index in [1.807, 2.05) is 6.07 Å². The van der Waals surface area contributed by atoms with Crippen LogP contribution in [0, 0.1) is 11.3 Å². The van der Waals surface area contributed by atoms with E-state index in [9.17, 15) is 9.90 Å². The highest BCUT2D eigenvalue weighted by Crippen LogP contribution is 2.22. The summed E-state index contributed by atoms with van der Waals surface area (Å²) in [5.74, 6) is 0.204. The number of nitriles is 1. The second kappa shape index (κ2) is 3.91. The van der Waals surface area contributed by atoms with Crippen molar-refractivity contribution in [3.05, 3.63) is 11.3 Å². The smallest absolute Gasteiger partial charge is 0.162 e. The average molecular weight is 165 g/mol. The van der Waals surface area contributed by atoms with Gasteiger partial charge < -0.3 is 5.11 Å². The van der Waals surface area contributed by atoms with Crippen LogP contribution >= 0.6 is 0 Å². The highest BCUT2D eigenvalue weighted by Gasteiger charge is 2.19. The summed E-state index contributed by atoms with van der Waals surface area (Å²) in [4.78, 5) is 11.2. The number of allylic oxidation sites excluding steroid dienone is 2. The Kier molecular flexibility index (Phi) is 2.87. The summed E-state index contributed by atoms with van der Waals surface area (Å²) in [7, 11) is 0. The molecule has 0 heterocycles. The lowest BCUT2D eigenvalue weighted by molar-refractivity contribution is -0.116. The number of carbonyl (C=O) groups excluding carboxylic acids is 1.